The van der Waals surface area contributed by atoms with Gasteiger partial charge in [-0.15, -0.1) is 0 Å². The second kappa shape index (κ2) is 6.66. The molecule has 0 aliphatic heterocycles. The number of ether oxygens (including phenoxy) is 1. The van der Waals surface area contributed by atoms with Crippen molar-refractivity contribution >= 4 is 0 Å². The Morgan fingerprint density at radius 3 is 2.60 bits per heavy atom. The fraction of sp³-hybridized carbons (Fsp3) is 0.625. The van der Waals surface area contributed by atoms with Crippen molar-refractivity contribution in [3.8, 4) is 0 Å². The predicted octanol–water partition coefficient (Wildman–Crippen LogP) is 2.86. The quantitative estimate of drug-likeness (QED) is 0.644. The predicted molar refractivity (Wildman–Crippen MR) is 78.8 cm³/mol. The average Bonchev–Trinajstić information content (AvgIpc) is 2.47. The minimum atomic E-state index is -0.201. The van der Waals surface area contributed by atoms with Crippen molar-refractivity contribution in [2.24, 2.45) is 5.84 Å². The summed E-state index contributed by atoms with van der Waals surface area (Å²) in [6, 6.07) is 4.98. The van der Waals surface area contributed by atoms with Crippen LogP contribution < -0.4 is 11.3 Å². The summed E-state index contributed by atoms with van der Waals surface area (Å²) in [5.74, 6) is 5.60. The molecule has 20 heavy (non-hydrogen) atoms. The topological polar surface area (TPSA) is 47.3 Å². The molecule has 0 saturated heterocycles. The van der Waals surface area contributed by atoms with E-state index in [9.17, 15) is 4.39 Å². The molecular weight excluding hydrogens is 255 g/mol. The molecule has 3 nitrogen and oxygen atoms in total. The number of nitrogens with two attached hydrogens (primary N) is 1. The highest BCUT2D eigenvalue weighted by molar-refractivity contribution is 5.28. The zero-order valence-electron chi connectivity index (χ0n) is 12.4. The maximum Gasteiger partial charge on any atom is 0.123 e. The molecule has 0 heterocycles. The number of hydrazine groups is 1. The third kappa shape index (κ3) is 3.19. The lowest BCUT2D eigenvalue weighted by Crippen LogP contribution is -2.56. The van der Waals surface area contributed by atoms with E-state index in [0.29, 0.717) is 0 Å². The molecule has 0 spiro atoms. The Morgan fingerprint density at radius 1 is 1.35 bits per heavy atom. The number of methoxy groups -OCH3 is 1. The van der Waals surface area contributed by atoms with E-state index in [1.54, 1.807) is 13.2 Å². The van der Waals surface area contributed by atoms with Crippen LogP contribution >= 0.6 is 0 Å². The van der Waals surface area contributed by atoms with Crippen LogP contribution in [0.15, 0.2) is 18.2 Å². The van der Waals surface area contributed by atoms with Crippen LogP contribution in [-0.4, -0.2) is 18.8 Å². The Morgan fingerprint density at radius 2 is 2.05 bits per heavy atom. The van der Waals surface area contributed by atoms with Crippen LogP contribution in [0.4, 0.5) is 4.39 Å². The van der Waals surface area contributed by atoms with Gasteiger partial charge in [-0.2, -0.15) is 0 Å². The summed E-state index contributed by atoms with van der Waals surface area (Å²) in [6.07, 6.45) is 6.43. The molecule has 1 fully saturated rings. The summed E-state index contributed by atoms with van der Waals surface area (Å²) in [5.41, 5.74) is 4.82. The summed E-state index contributed by atoms with van der Waals surface area (Å²) < 4.78 is 19.0. The molecule has 0 aromatic heterocycles. The van der Waals surface area contributed by atoms with Crippen molar-refractivity contribution in [3.05, 3.63) is 35.1 Å². The molecule has 1 unspecified atom stereocenters. The molecule has 1 saturated carbocycles. The highest BCUT2D eigenvalue weighted by Crippen LogP contribution is 2.35. The molecule has 1 aromatic rings. The van der Waals surface area contributed by atoms with E-state index in [1.807, 2.05) is 13.0 Å². The van der Waals surface area contributed by atoms with Crippen LogP contribution in [-0.2, 0) is 11.2 Å². The zero-order chi connectivity index (χ0) is 14.6. The monoisotopic (exact) mass is 280 g/mol. The van der Waals surface area contributed by atoms with Crippen molar-refractivity contribution < 1.29 is 9.13 Å². The highest BCUT2D eigenvalue weighted by Gasteiger charge is 2.39. The minimum Gasteiger partial charge on any atom is -0.377 e. The Hall–Kier alpha value is -0.970. The second-order valence-corrected chi connectivity index (χ2v) is 5.82. The molecule has 1 aromatic carbocycles. The van der Waals surface area contributed by atoms with Crippen molar-refractivity contribution in [1.29, 1.82) is 0 Å². The lowest BCUT2D eigenvalue weighted by molar-refractivity contribution is -0.0674. The summed E-state index contributed by atoms with van der Waals surface area (Å²) in [7, 11) is 1.77. The average molecular weight is 280 g/mol. The van der Waals surface area contributed by atoms with E-state index >= 15 is 0 Å². The summed E-state index contributed by atoms with van der Waals surface area (Å²) >= 11 is 0. The molecule has 0 amide bonds. The molecule has 1 atom stereocenters. The molecule has 4 heteroatoms. The van der Waals surface area contributed by atoms with Crippen LogP contribution in [0.5, 0.6) is 0 Å². The van der Waals surface area contributed by atoms with E-state index in [2.05, 4.69) is 5.43 Å². The fourth-order valence-corrected chi connectivity index (χ4v) is 3.35. The van der Waals surface area contributed by atoms with E-state index in [0.717, 1.165) is 30.4 Å². The molecule has 1 aliphatic carbocycles. The third-order valence-electron chi connectivity index (χ3n) is 4.67. The van der Waals surface area contributed by atoms with Gasteiger partial charge >= 0.3 is 0 Å². The lowest BCUT2D eigenvalue weighted by Gasteiger charge is -2.42. The Balaban J connectivity index is 2.18. The summed E-state index contributed by atoms with van der Waals surface area (Å²) in [5, 5.41) is 0. The smallest absolute Gasteiger partial charge is 0.123 e. The first-order valence-corrected chi connectivity index (χ1v) is 7.37. The number of hydrogen-bond donors (Lipinski definition) is 2. The Kier molecular flexibility index (Phi) is 5.13. The highest BCUT2D eigenvalue weighted by atomic mass is 19.1. The molecule has 0 radical (unpaired) electrons. The van der Waals surface area contributed by atoms with E-state index < -0.39 is 0 Å². The number of aryl methyl sites for hydroxylation is 1. The fourth-order valence-electron chi connectivity index (χ4n) is 3.35. The largest absolute Gasteiger partial charge is 0.377 e. The third-order valence-corrected chi connectivity index (χ3v) is 4.67. The Bertz CT molecular complexity index is 444. The van der Waals surface area contributed by atoms with Crippen molar-refractivity contribution in [2.75, 3.05) is 7.11 Å². The number of nitrogens with one attached hydrogen (secondary N) is 1. The van der Waals surface area contributed by atoms with Crippen LogP contribution in [0.3, 0.4) is 0 Å². The van der Waals surface area contributed by atoms with Gasteiger partial charge in [-0.05, 0) is 49.4 Å². The van der Waals surface area contributed by atoms with Crippen molar-refractivity contribution in [1.82, 2.24) is 5.43 Å². The zero-order valence-corrected chi connectivity index (χ0v) is 12.4. The first kappa shape index (κ1) is 15.4. The van der Waals surface area contributed by atoms with Crippen molar-refractivity contribution in [2.45, 2.75) is 57.1 Å². The molecule has 0 bridgehead atoms. The minimum absolute atomic E-state index is 0.0527. The molecule has 3 N–H and O–H groups in total. The summed E-state index contributed by atoms with van der Waals surface area (Å²) in [4.78, 5) is 0. The van der Waals surface area contributed by atoms with E-state index in [-0.39, 0.29) is 17.5 Å². The first-order chi connectivity index (χ1) is 9.61. The normalized spacial score (nSPS) is 19.8. The number of benzene rings is 1. The SMILES string of the molecule is COC1(C(Cc2ccc(F)cc2C)NN)CCCCC1. The second-order valence-electron chi connectivity index (χ2n) is 5.82. The van der Waals surface area contributed by atoms with Crippen LogP contribution in [0.2, 0.25) is 0 Å². The molecule has 1 aliphatic rings. The molecular formula is C16H25FN2O. The molecule has 112 valence electrons. The van der Waals surface area contributed by atoms with Gasteiger partial charge in [0.25, 0.3) is 0 Å². The van der Waals surface area contributed by atoms with E-state index in [1.165, 1.54) is 25.3 Å². The number of hydrogen-bond acceptors (Lipinski definition) is 3. The van der Waals surface area contributed by atoms with Gasteiger partial charge in [-0.3, -0.25) is 11.3 Å². The number of halogens is 1. The van der Waals surface area contributed by atoms with Gasteiger partial charge < -0.3 is 4.74 Å². The number of rotatable bonds is 5. The first-order valence-electron chi connectivity index (χ1n) is 7.37. The van der Waals surface area contributed by atoms with Gasteiger partial charge in [0.1, 0.15) is 5.82 Å². The van der Waals surface area contributed by atoms with Gasteiger partial charge in [-0.25, -0.2) is 4.39 Å². The van der Waals surface area contributed by atoms with Gasteiger partial charge in [0.05, 0.1) is 11.6 Å². The summed E-state index contributed by atoms with van der Waals surface area (Å²) in [6.45, 7) is 1.94. The van der Waals surface area contributed by atoms with Crippen LogP contribution in [0.1, 0.15) is 43.2 Å². The van der Waals surface area contributed by atoms with Crippen LogP contribution in [0, 0.1) is 12.7 Å². The lowest BCUT2D eigenvalue weighted by atomic mass is 9.77. The van der Waals surface area contributed by atoms with E-state index in [4.69, 9.17) is 10.6 Å². The standard InChI is InChI=1S/C16H25FN2O/c1-12-10-14(17)7-6-13(12)11-15(19-18)16(20-2)8-4-3-5-9-16/h6-7,10,15,19H,3-5,8-9,11,18H2,1-2H3. The van der Waals surface area contributed by atoms with Crippen molar-refractivity contribution in [3.63, 3.8) is 0 Å². The molecule has 2 rings (SSSR count). The maximum absolute atomic E-state index is 13.2. The van der Waals surface area contributed by atoms with Gasteiger partial charge in [0, 0.05) is 7.11 Å². The van der Waals surface area contributed by atoms with Gasteiger partial charge in [-0.1, -0.05) is 25.3 Å². The Labute approximate surface area is 120 Å². The van der Waals surface area contributed by atoms with Gasteiger partial charge in [0.15, 0.2) is 0 Å². The van der Waals surface area contributed by atoms with Crippen LogP contribution in [0.25, 0.3) is 0 Å². The van der Waals surface area contributed by atoms with Gasteiger partial charge in [0.2, 0.25) is 0 Å². The maximum atomic E-state index is 13.2.